The molecule has 0 spiro atoms. The molecule has 0 heterocycles. The van der Waals surface area contributed by atoms with Crippen molar-refractivity contribution in [3.63, 3.8) is 0 Å². The highest BCUT2D eigenvalue weighted by Crippen LogP contribution is 2.31. The molecule has 0 radical (unpaired) electrons. The second-order valence-electron chi connectivity index (χ2n) is 6.96. The van der Waals surface area contributed by atoms with E-state index in [4.69, 9.17) is 11.6 Å². The van der Waals surface area contributed by atoms with Crippen LogP contribution in [-0.4, -0.2) is 5.91 Å². The number of aryl methyl sites for hydroxylation is 1. The minimum Gasteiger partial charge on any atom is -0.322 e. The lowest BCUT2D eigenvalue weighted by Crippen LogP contribution is -2.11. The molecule has 1 N–H and O–H groups in total. The monoisotopic (exact) mass is 397 g/mol. The predicted octanol–water partition coefficient (Wildman–Crippen LogP) is 7.23. The normalized spacial score (nSPS) is 10.6. The highest BCUT2D eigenvalue weighted by Gasteiger charge is 2.11. The first-order valence-electron chi connectivity index (χ1n) is 9.43. The summed E-state index contributed by atoms with van der Waals surface area (Å²) in [6.45, 7) is 2.01. The third-order valence-electron chi connectivity index (χ3n) is 4.84. The molecule has 3 heteroatoms. The van der Waals surface area contributed by atoms with E-state index in [1.54, 1.807) is 12.1 Å². The standard InChI is InChI=1S/C26H20ClNO/c1-18-7-14-23(15-8-18)28-26(29)22-13-16-25(27)24(17-22)21-11-9-20(10-12-21)19-5-3-2-4-6-19/h2-17H,1H3,(H,28,29). The summed E-state index contributed by atoms with van der Waals surface area (Å²) < 4.78 is 0. The number of amides is 1. The molecule has 0 fully saturated rings. The minimum atomic E-state index is -0.160. The van der Waals surface area contributed by atoms with Crippen molar-refractivity contribution < 1.29 is 4.79 Å². The van der Waals surface area contributed by atoms with Crippen LogP contribution in [0.15, 0.2) is 97.1 Å². The fourth-order valence-corrected chi connectivity index (χ4v) is 3.43. The van der Waals surface area contributed by atoms with E-state index in [-0.39, 0.29) is 5.91 Å². The van der Waals surface area contributed by atoms with Crippen molar-refractivity contribution in [3.05, 3.63) is 113 Å². The number of nitrogens with one attached hydrogen (secondary N) is 1. The van der Waals surface area contributed by atoms with E-state index in [1.807, 2.05) is 67.6 Å². The average molecular weight is 398 g/mol. The molecule has 0 aliphatic rings. The molecule has 4 aromatic carbocycles. The van der Waals surface area contributed by atoms with Gasteiger partial charge in [0, 0.05) is 21.8 Å². The number of rotatable bonds is 4. The van der Waals surface area contributed by atoms with Crippen molar-refractivity contribution in [3.8, 4) is 22.3 Å². The number of halogens is 1. The Morgan fingerprint density at radius 3 is 2.03 bits per heavy atom. The second-order valence-corrected chi connectivity index (χ2v) is 7.37. The summed E-state index contributed by atoms with van der Waals surface area (Å²) >= 11 is 6.44. The number of carbonyl (C=O) groups is 1. The van der Waals surface area contributed by atoms with Crippen LogP contribution in [-0.2, 0) is 0 Å². The van der Waals surface area contributed by atoms with Gasteiger partial charge in [-0.25, -0.2) is 0 Å². The number of benzene rings is 4. The lowest BCUT2D eigenvalue weighted by molar-refractivity contribution is 0.102. The van der Waals surface area contributed by atoms with Crippen molar-refractivity contribution in [1.29, 1.82) is 0 Å². The van der Waals surface area contributed by atoms with Crippen LogP contribution in [0.5, 0.6) is 0 Å². The molecule has 0 aromatic heterocycles. The van der Waals surface area contributed by atoms with Crippen LogP contribution in [0.4, 0.5) is 5.69 Å². The molecule has 0 aliphatic carbocycles. The molecule has 0 bridgehead atoms. The van der Waals surface area contributed by atoms with Crippen molar-refractivity contribution in [1.82, 2.24) is 0 Å². The SMILES string of the molecule is Cc1ccc(NC(=O)c2ccc(Cl)c(-c3ccc(-c4ccccc4)cc3)c2)cc1. The van der Waals surface area contributed by atoms with Crippen LogP contribution in [0.1, 0.15) is 15.9 Å². The Balaban J connectivity index is 1.59. The maximum Gasteiger partial charge on any atom is 0.255 e. The van der Waals surface area contributed by atoms with Gasteiger partial charge in [-0.3, -0.25) is 4.79 Å². The fourth-order valence-electron chi connectivity index (χ4n) is 3.20. The first-order valence-corrected chi connectivity index (χ1v) is 9.81. The Labute approximate surface area is 175 Å². The van der Waals surface area contributed by atoms with Crippen LogP contribution in [0, 0.1) is 6.92 Å². The number of hydrogen-bond donors (Lipinski definition) is 1. The zero-order valence-electron chi connectivity index (χ0n) is 16.0. The molecular formula is C26H20ClNO. The van der Waals surface area contributed by atoms with Crippen LogP contribution in [0.25, 0.3) is 22.3 Å². The van der Waals surface area contributed by atoms with Gasteiger partial charge in [0.15, 0.2) is 0 Å². The van der Waals surface area contributed by atoms with Crippen LogP contribution in [0.2, 0.25) is 5.02 Å². The molecule has 4 rings (SSSR count). The quantitative estimate of drug-likeness (QED) is 0.386. The highest BCUT2D eigenvalue weighted by molar-refractivity contribution is 6.33. The molecule has 0 unspecified atom stereocenters. The maximum absolute atomic E-state index is 12.7. The highest BCUT2D eigenvalue weighted by atomic mass is 35.5. The predicted molar refractivity (Wildman–Crippen MR) is 121 cm³/mol. The molecule has 142 valence electrons. The zero-order valence-corrected chi connectivity index (χ0v) is 16.8. The molecule has 4 aromatic rings. The van der Waals surface area contributed by atoms with E-state index in [0.29, 0.717) is 10.6 Å². The first-order chi connectivity index (χ1) is 14.1. The van der Waals surface area contributed by atoms with E-state index in [1.165, 1.54) is 0 Å². The van der Waals surface area contributed by atoms with E-state index < -0.39 is 0 Å². The molecule has 0 saturated carbocycles. The maximum atomic E-state index is 12.7. The van der Waals surface area contributed by atoms with Gasteiger partial charge in [-0.1, -0.05) is 83.9 Å². The van der Waals surface area contributed by atoms with Gasteiger partial charge in [-0.15, -0.1) is 0 Å². The molecule has 29 heavy (non-hydrogen) atoms. The third-order valence-corrected chi connectivity index (χ3v) is 5.17. The van der Waals surface area contributed by atoms with E-state index >= 15 is 0 Å². The number of hydrogen-bond acceptors (Lipinski definition) is 1. The van der Waals surface area contributed by atoms with E-state index in [9.17, 15) is 4.79 Å². The average Bonchev–Trinajstić information content (AvgIpc) is 2.76. The summed E-state index contributed by atoms with van der Waals surface area (Å²) in [5.74, 6) is -0.160. The zero-order chi connectivity index (χ0) is 20.2. The van der Waals surface area contributed by atoms with Gasteiger partial charge in [-0.05, 0) is 53.9 Å². The lowest BCUT2D eigenvalue weighted by Gasteiger charge is -2.10. The van der Waals surface area contributed by atoms with Gasteiger partial charge in [-0.2, -0.15) is 0 Å². The Morgan fingerprint density at radius 1 is 0.724 bits per heavy atom. The molecule has 0 saturated heterocycles. The summed E-state index contributed by atoms with van der Waals surface area (Å²) in [5.41, 5.74) is 6.59. The Hall–Kier alpha value is -3.36. The molecular weight excluding hydrogens is 378 g/mol. The van der Waals surface area contributed by atoms with Crippen molar-refractivity contribution in [2.45, 2.75) is 6.92 Å². The smallest absolute Gasteiger partial charge is 0.255 e. The van der Waals surface area contributed by atoms with Crippen molar-refractivity contribution in [2.75, 3.05) is 5.32 Å². The van der Waals surface area contributed by atoms with Crippen molar-refractivity contribution in [2.24, 2.45) is 0 Å². The van der Waals surface area contributed by atoms with E-state index in [2.05, 4.69) is 29.6 Å². The molecule has 0 atom stereocenters. The number of carbonyl (C=O) groups excluding carboxylic acids is 1. The summed E-state index contributed by atoms with van der Waals surface area (Å²) in [4.78, 5) is 12.7. The Morgan fingerprint density at radius 2 is 1.34 bits per heavy atom. The molecule has 1 amide bonds. The summed E-state index contributed by atoms with van der Waals surface area (Å²) in [5, 5.41) is 3.55. The van der Waals surface area contributed by atoms with Gasteiger partial charge in [0.25, 0.3) is 5.91 Å². The fraction of sp³-hybridized carbons (Fsp3) is 0.0385. The minimum absolute atomic E-state index is 0.160. The largest absolute Gasteiger partial charge is 0.322 e. The van der Waals surface area contributed by atoms with Crippen molar-refractivity contribution >= 4 is 23.2 Å². The third kappa shape index (κ3) is 4.39. The van der Waals surface area contributed by atoms with Crippen LogP contribution >= 0.6 is 11.6 Å². The number of anilines is 1. The molecule has 0 aliphatic heterocycles. The van der Waals surface area contributed by atoms with Gasteiger partial charge < -0.3 is 5.32 Å². The second kappa shape index (κ2) is 8.34. The van der Waals surface area contributed by atoms with Gasteiger partial charge in [0.05, 0.1) is 0 Å². The molecule has 2 nitrogen and oxygen atoms in total. The first kappa shape index (κ1) is 19.0. The topological polar surface area (TPSA) is 29.1 Å². The Bertz CT molecular complexity index is 1130. The lowest BCUT2D eigenvalue weighted by atomic mass is 9.99. The Kier molecular flexibility index (Phi) is 5.46. The van der Waals surface area contributed by atoms with Gasteiger partial charge >= 0.3 is 0 Å². The van der Waals surface area contributed by atoms with Crippen LogP contribution < -0.4 is 5.32 Å². The van der Waals surface area contributed by atoms with Gasteiger partial charge in [0.1, 0.15) is 0 Å². The summed E-state index contributed by atoms with van der Waals surface area (Å²) in [6, 6.07) is 31.5. The van der Waals surface area contributed by atoms with Crippen LogP contribution in [0.3, 0.4) is 0 Å². The summed E-state index contributed by atoms with van der Waals surface area (Å²) in [6.07, 6.45) is 0. The van der Waals surface area contributed by atoms with E-state index in [0.717, 1.165) is 33.5 Å². The van der Waals surface area contributed by atoms with Gasteiger partial charge in [0.2, 0.25) is 0 Å². The summed E-state index contributed by atoms with van der Waals surface area (Å²) in [7, 11) is 0.